The SMILES string of the molecule is NNC(=O)N1CCC2NC(=O)CCC2C1. The first kappa shape index (κ1) is 10.2. The summed E-state index contributed by atoms with van der Waals surface area (Å²) in [6.07, 6.45) is 2.26. The molecule has 0 bridgehead atoms. The van der Waals surface area contributed by atoms with Gasteiger partial charge >= 0.3 is 6.03 Å². The van der Waals surface area contributed by atoms with Crippen LogP contribution in [-0.2, 0) is 4.79 Å². The summed E-state index contributed by atoms with van der Waals surface area (Å²) in [5.41, 5.74) is 2.14. The van der Waals surface area contributed by atoms with E-state index in [1.807, 2.05) is 0 Å². The number of carbonyl (C=O) groups excluding carboxylic acids is 2. The highest BCUT2D eigenvalue weighted by Crippen LogP contribution is 2.25. The zero-order chi connectivity index (χ0) is 10.8. The number of nitrogens with two attached hydrogens (primary N) is 1. The summed E-state index contributed by atoms with van der Waals surface area (Å²) < 4.78 is 0. The number of amides is 3. The molecule has 0 spiro atoms. The minimum atomic E-state index is -0.231. The van der Waals surface area contributed by atoms with E-state index < -0.39 is 0 Å². The lowest BCUT2D eigenvalue weighted by atomic mass is 9.85. The third-order valence-corrected chi connectivity index (χ3v) is 3.23. The van der Waals surface area contributed by atoms with Crippen molar-refractivity contribution in [1.82, 2.24) is 15.6 Å². The van der Waals surface area contributed by atoms with E-state index in [1.165, 1.54) is 0 Å². The Morgan fingerprint density at radius 2 is 2.33 bits per heavy atom. The van der Waals surface area contributed by atoms with Gasteiger partial charge in [-0.1, -0.05) is 0 Å². The average Bonchev–Trinajstić information content (AvgIpc) is 2.27. The predicted molar refractivity (Wildman–Crippen MR) is 53.6 cm³/mol. The van der Waals surface area contributed by atoms with Gasteiger partial charge < -0.3 is 10.2 Å². The van der Waals surface area contributed by atoms with Crippen molar-refractivity contribution >= 4 is 11.9 Å². The highest BCUT2D eigenvalue weighted by molar-refractivity contribution is 5.77. The molecule has 6 heteroatoms. The number of fused-ring (bicyclic) bond motifs is 1. The Morgan fingerprint density at radius 1 is 1.53 bits per heavy atom. The van der Waals surface area contributed by atoms with Crippen LogP contribution in [0.2, 0.25) is 0 Å². The molecule has 2 atom stereocenters. The molecular formula is C9H16N4O2. The molecule has 2 rings (SSSR count). The smallest absolute Gasteiger partial charge is 0.331 e. The molecule has 0 radical (unpaired) electrons. The number of likely N-dealkylation sites (tertiary alicyclic amines) is 1. The molecule has 0 aromatic heterocycles. The van der Waals surface area contributed by atoms with Crippen molar-refractivity contribution in [3.8, 4) is 0 Å². The molecule has 2 aliphatic heterocycles. The summed E-state index contributed by atoms with van der Waals surface area (Å²) in [4.78, 5) is 24.2. The van der Waals surface area contributed by atoms with Gasteiger partial charge in [-0.15, -0.1) is 0 Å². The lowest BCUT2D eigenvalue weighted by Crippen LogP contribution is -2.57. The molecule has 84 valence electrons. The van der Waals surface area contributed by atoms with Crippen LogP contribution in [-0.4, -0.2) is 36.0 Å². The maximum Gasteiger partial charge on any atom is 0.331 e. The van der Waals surface area contributed by atoms with Crippen LogP contribution < -0.4 is 16.6 Å². The molecule has 4 N–H and O–H groups in total. The Hall–Kier alpha value is -1.30. The number of hydrogen-bond acceptors (Lipinski definition) is 3. The van der Waals surface area contributed by atoms with Crippen LogP contribution >= 0.6 is 0 Å². The van der Waals surface area contributed by atoms with Crippen molar-refractivity contribution in [1.29, 1.82) is 0 Å². The van der Waals surface area contributed by atoms with Gasteiger partial charge in [-0.05, 0) is 18.8 Å². The summed E-state index contributed by atoms with van der Waals surface area (Å²) in [5, 5.41) is 2.97. The number of hydrogen-bond donors (Lipinski definition) is 3. The molecule has 0 aromatic carbocycles. The van der Waals surface area contributed by atoms with Crippen LogP contribution in [0.25, 0.3) is 0 Å². The van der Waals surface area contributed by atoms with Crippen molar-refractivity contribution in [3.05, 3.63) is 0 Å². The second kappa shape index (κ2) is 4.06. The van der Waals surface area contributed by atoms with Crippen molar-refractivity contribution in [2.75, 3.05) is 13.1 Å². The number of rotatable bonds is 0. The third kappa shape index (κ3) is 2.04. The minimum Gasteiger partial charge on any atom is -0.353 e. The zero-order valence-electron chi connectivity index (χ0n) is 8.53. The maximum atomic E-state index is 11.3. The quantitative estimate of drug-likeness (QED) is 0.278. The summed E-state index contributed by atoms with van der Waals surface area (Å²) >= 11 is 0. The van der Waals surface area contributed by atoms with E-state index >= 15 is 0 Å². The molecule has 15 heavy (non-hydrogen) atoms. The Kier molecular flexibility index (Phi) is 2.77. The fraction of sp³-hybridized carbons (Fsp3) is 0.778. The van der Waals surface area contributed by atoms with Crippen molar-refractivity contribution < 1.29 is 9.59 Å². The van der Waals surface area contributed by atoms with Crippen LogP contribution in [0.1, 0.15) is 19.3 Å². The van der Waals surface area contributed by atoms with E-state index in [0.29, 0.717) is 25.4 Å². The molecule has 3 amide bonds. The highest BCUT2D eigenvalue weighted by atomic mass is 16.2. The molecule has 2 unspecified atom stereocenters. The monoisotopic (exact) mass is 212 g/mol. The second-order valence-electron chi connectivity index (χ2n) is 4.16. The van der Waals surface area contributed by atoms with E-state index in [-0.39, 0.29) is 18.0 Å². The zero-order valence-corrected chi connectivity index (χ0v) is 8.53. The van der Waals surface area contributed by atoms with Crippen LogP contribution in [0.15, 0.2) is 0 Å². The van der Waals surface area contributed by atoms with E-state index in [0.717, 1.165) is 12.8 Å². The fourth-order valence-electron chi connectivity index (χ4n) is 2.39. The number of hydrazine groups is 1. The maximum absolute atomic E-state index is 11.3. The van der Waals surface area contributed by atoms with Crippen molar-refractivity contribution in [2.24, 2.45) is 11.8 Å². The molecule has 2 saturated heterocycles. The van der Waals surface area contributed by atoms with Gasteiger partial charge in [0.15, 0.2) is 0 Å². The van der Waals surface area contributed by atoms with E-state index in [1.54, 1.807) is 4.90 Å². The molecule has 6 nitrogen and oxygen atoms in total. The van der Waals surface area contributed by atoms with Crippen LogP contribution in [0.5, 0.6) is 0 Å². The molecule has 0 saturated carbocycles. The first-order valence-electron chi connectivity index (χ1n) is 5.25. The molecule has 2 heterocycles. The van der Waals surface area contributed by atoms with Gasteiger partial charge in [0.1, 0.15) is 0 Å². The molecule has 2 fully saturated rings. The lowest BCUT2D eigenvalue weighted by Gasteiger charge is -2.41. The van der Waals surface area contributed by atoms with Crippen LogP contribution in [0.3, 0.4) is 0 Å². The minimum absolute atomic E-state index is 0.132. The van der Waals surface area contributed by atoms with E-state index in [9.17, 15) is 9.59 Å². The first-order valence-corrected chi connectivity index (χ1v) is 5.25. The van der Waals surface area contributed by atoms with Gasteiger partial charge in [0, 0.05) is 25.6 Å². The first-order chi connectivity index (χ1) is 7.20. The van der Waals surface area contributed by atoms with Gasteiger partial charge in [0.25, 0.3) is 0 Å². The normalized spacial score (nSPS) is 30.5. The van der Waals surface area contributed by atoms with Gasteiger partial charge in [-0.2, -0.15) is 0 Å². The summed E-state index contributed by atoms with van der Waals surface area (Å²) in [7, 11) is 0. The fourth-order valence-corrected chi connectivity index (χ4v) is 2.39. The van der Waals surface area contributed by atoms with Crippen LogP contribution in [0.4, 0.5) is 4.79 Å². The van der Waals surface area contributed by atoms with Gasteiger partial charge in [-0.3, -0.25) is 10.2 Å². The summed E-state index contributed by atoms with van der Waals surface area (Å²) in [6, 6.07) is 0.0124. The molecule has 0 aliphatic carbocycles. The Labute approximate surface area is 88.1 Å². The van der Waals surface area contributed by atoms with E-state index in [4.69, 9.17) is 5.84 Å². The Balaban J connectivity index is 1.95. The van der Waals surface area contributed by atoms with Gasteiger partial charge in [-0.25, -0.2) is 10.6 Å². The average molecular weight is 212 g/mol. The highest BCUT2D eigenvalue weighted by Gasteiger charge is 2.34. The number of nitrogens with zero attached hydrogens (tertiary/aromatic N) is 1. The Bertz CT molecular complexity index is 281. The largest absolute Gasteiger partial charge is 0.353 e. The number of nitrogens with one attached hydrogen (secondary N) is 2. The standard InChI is InChI=1S/C9H16N4O2/c10-12-9(15)13-4-3-7-6(5-13)1-2-8(14)11-7/h6-7H,1-5,10H2,(H,11,14)(H,12,15). The lowest BCUT2D eigenvalue weighted by molar-refractivity contribution is -0.125. The predicted octanol–water partition coefficient (Wildman–Crippen LogP) is -0.830. The van der Waals surface area contributed by atoms with Crippen molar-refractivity contribution in [3.63, 3.8) is 0 Å². The van der Waals surface area contributed by atoms with Gasteiger partial charge in [0.2, 0.25) is 5.91 Å². The summed E-state index contributed by atoms with van der Waals surface area (Å²) in [6.45, 7) is 1.35. The number of piperidine rings is 2. The second-order valence-corrected chi connectivity index (χ2v) is 4.16. The topological polar surface area (TPSA) is 87.5 Å². The van der Waals surface area contributed by atoms with Crippen molar-refractivity contribution in [2.45, 2.75) is 25.3 Å². The number of urea groups is 1. The molecular weight excluding hydrogens is 196 g/mol. The molecule has 0 aromatic rings. The van der Waals surface area contributed by atoms with E-state index in [2.05, 4.69) is 10.7 Å². The molecule has 2 aliphatic rings. The number of carbonyl (C=O) groups is 2. The summed E-state index contributed by atoms with van der Waals surface area (Å²) in [5.74, 6) is 5.60. The Morgan fingerprint density at radius 3 is 3.07 bits per heavy atom. The van der Waals surface area contributed by atoms with Gasteiger partial charge in [0.05, 0.1) is 0 Å². The third-order valence-electron chi connectivity index (χ3n) is 3.23. The van der Waals surface area contributed by atoms with Crippen LogP contribution in [0, 0.1) is 5.92 Å².